The van der Waals surface area contributed by atoms with Gasteiger partial charge in [-0.2, -0.15) is 0 Å². The Labute approximate surface area is 84.8 Å². The molecule has 5 nitrogen and oxygen atoms in total. The third-order valence-electron chi connectivity index (χ3n) is 1.16. The van der Waals surface area contributed by atoms with Crippen molar-refractivity contribution in [1.82, 2.24) is 0 Å². The number of aliphatic hydroxyl groups excluding tert-OH is 2. The quantitative estimate of drug-likeness (QED) is 0.368. The molecule has 0 heterocycles. The highest BCUT2D eigenvalue weighted by molar-refractivity contribution is 6.33. The van der Waals surface area contributed by atoms with Crippen LogP contribution in [0.3, 0.4) is 0 Å². The van der Waals surface area contributed by atoms with Crippen LogP contribution in [-0.4, -0.2) is 40.8 Å². The molecular formula is C8H19BO5. The van der Waals surface area contributed by atoms with Crippen LogP contribution in [-0.2, 0) is 4.65 Å². The zero-order valence-corrected chi connectivity index (χ0v) is 8.90. The Hall–Kier alpha value is -0.555. The Morgan fingerprint density at radius 3 is 1.64 bits per heavy atom. The van der Waals surface area contributed by atoms with Gasteiger partial charge in [-0.3, -0.25) is 0 Å². The van der Waals surface area contributed by atoms with Crippen LogP contribution in [0, 0.1) is 5.41 Å². The summed E-state index contributed by atoms with van der Waals surface area (Å²) in [6.07, 6.45) is 0. The Bertz CT molecular complexity index is 152. The molecule has 14 heavy (non-hydrogen) atoms. The fraction of sp³-hybridized carbons (Fsp3) is 0.750. The average Bonchev–Trinajstić information content (AvgIpc) is 2.03. The molecule has 0 aliphatic heterocycles. The molecule has 6 heteroatoms. The molecular weight excluding hydrogens is 187 g/mol. The molecule has 0 saturated heterocycles. The van der Waals surface area contributed by atoms with Crippen molar-refractivity contribution in [3.63, 3.8) is 0 Å². The fourth-order valence-corrected chi connectivity index (χ4v) is 0.230. The predicted molar refractivity (Wildman–Crippen MR) is 54.0 cm³/mol. The van der Waals surface area contributed by atoms with Gasteiger partial charge in [0, 0.05) is 5.41 Å². The first-order chi connectivity index (χ1) is 6.25. The van der Waals surface area contributed by atoms with Crippen LogP contribution in [0.25, 0.3) is 0 Å². The maximum atomic E-state index is 8.43. The monoisotopic (exact) mass is 206 g/mol. The Morgan fingerprint density at radius 1 is 1.29 bits per heavy atom. The van der Waals surface area contributed by atoms with Gasteiger partial charge in [0.25, 0.3) is 0 Å². The molecule has 0 aromatic carbocycles. The second-order valence-corrected chi connectivity index (χ2v) is 3.63. The van der Waals surface area contributed by atoms with Crippen molar-refractivity contribution < 1.29 is 24.9 Å². The summed E-state index contributed by atoms with van der Waals surface area (Å²) in [5.41, 5.74) is -0.306. The Morgan fingerprint density at radius 2 is 1.64 bits per heavy atom. The summed E-state index contributed by atoms with van der Waals surface area (Å²) in [6.45, 7) is 8.47. The average molecular weight is 206 g/mol. The SMILES string of the molecule is C=C(C)OB(O)O.CC(C)(CO)CO. The lowest BCUT2D eigenvalue weighted by molar-refractivity contribution is 0.0857. The summed E-state index contributed by atoms with van der Waals surface area (Å²) >= 11 is 0. The van der Waals surface area contributed by atoms with Gasteiger partial charge in [-0.1, -0.05) is 20.4 Å². The third-order valence-corrected chi connectivity index (χ3v) is 1.16. The molecule has 84 valence electrons. The zero-order valence-electron chi connectivity index (χ0n) is 8.90. The molecule has 0 fully saturated rings. The van der Waals surface area contributed by atoms with Crippen molar-refractivity contribution in [1.29, 1.82) is 0 Å². The first-order valence-electron chi connectivity index (χ1n) is 4.15. The van der Waals surface area contributed by atoms with Crippen LogP contribution >= 0.6 is 0 Å². The van der Waals surface area contributed by atoms with E-state index in [0.29, 0.717) is 0 Å². The van der Waals surface area contributed by atoms with E-state index in [4.69, 9.17) is 20.3 Å². The van der Waals surface area contributed by atoms with Crippen molar-refractivity contribution >= 4 is 7.32 Å². The maximum absolute atomic E-state index is 8.43. The summed E-state index contributed by atoms with van der Waals surface area (Å²) in [7, 11) is -1.72. The van der Waals surface area contributed by atoms with E-state index in [-0.39, 0.29) is 24.4 Å². The van der Waals surface area contributed by atoms with Crippen molar-refractivity contribution in [3.05, 3.63) is 12.3 Å². The molecule has 0 bridgehead atoms. The fourth-order valence-electron chi connectivity index (χ4n) is 0.230. The van der Waals surface area contributed by atoms with Gasteiger partial charge in [-0.15, -0.1) is 0 Å². The molecule has 0 aromatic heterocycles. The molecule has 4 N–H and O–H groups in total. The third kappa shape index (κ3) is 14.0. The topological polar surface area (TPSA) is 90.2 Å². The lowest BCUT2D eigenvalue weighted by Crippen LogP contribution is -2.20. The first kappa shape index (κ1) is 15.9. The lowest BCUT2D eigenvalue weighted by atomic mass is 9.97. The van der Waals surface area contributed by atoms with Crippen LogP contribution in [0.15, 0.2) is 12.3 Å². The number of allylic oxidation sites excluding steroid dienone is 1. The molecule has 0 aromatic rings. The normalized spacial score (nSPS) is 9.93. The summed E-state index contributed by atoms with van der Waals surface area (Å²) in [5.74, 6) is 0.287. The first-order valence-corrected chi connectivity index (χ1v) is 4.15. The molecule has 0 saturated carbocycles. The number of aliphatic hydroxyl groups is 2. The van der Waals surface area contributed by atoms with Crippen LogP contribution in [0.1, 0.15) is 20.8 Å². The second-order valence-electron chi connectivity index (χ2n) is 3.63. The van der Waals surface area contributed by atoms with Crippen LogP contribution in [0.4, 0.5) is 0 Å². The van der Waals surface area contributed by atoms with Gasteiger partial charge in [-0.25, -0.2) is 0 Å². The van der Waals surface area contributed by atoms with Gasteiger partial charge in [0.1, 0.15) is 0 Å². The molecule has 0 amide bonds. The van der Waals surface area contributed by atoms with Crippen molar-refractivity contribution in [2.24, 2.45) is 5.41 Å². The number of rotatable bonds is 4. The molecule has 0 rings (SSSR count). The largest absolute Gasteiger partial charge is 0.707 e. The number of hydrogen-bond acceptors (Lipinski definition) is 5. The van der Waals surface area contributed by atoms with E-state index in [1.165, 1.54) is 6.92 Å². The standard InChI is InChI=1S/C5H12O2.C3H7BO3/c1-5(2,3-6)4-7;1-3(2)7-4(5)6/h6-7H,3-4H2,1-2H3;5-6H,1H2,2H3. The highest BCUT2D eigenvalue weighted by atomic mass is 16.6. The van der Waals surface area contributed by atoms with Gasteiger partial charge >= 0.3 is 7.32 Å². The lowest BCUT2D eigenvalue weighted by Gasteiger charge is -2.16. The Balaban J connectivity index is 0. The minimum atomic E-state index is -1.72. The zero-order chi connectivity index (χ0) is 11.8. The van der Waals surface area contributed by atoms with Gasteiger partial charge in [-0.05, 0) is 6.92 Å². The molecule has 0 unspecified atom stereocenters. The number of hydrogen-bond donors (Lipinski definition) is 4. The van der Waals surface area contributed by atoms with Crippen molar-refractivity contribution in [2.75, 3.05) is 13.2 Å². The maximum Gasteiger partial charge on any atom is 0.707 e. The van der Waals surface area contributed by atoms with E-state index in [1.54, 1.807) is 13.8 Å². The highest BCUT2D eigenvalue weighted by Crippen LogP contribution is 2.10. The van der Waals surface area contributed by atoms with E-state index in [2.05, 4.69) is 11.2 Å². The smallest absolute Gasteiger partial charge is 0.516 e. The molecule has 0 radical (unpaired) electrons. The summed E-state index contributed by atoms with van der Waals surface area (Å²) in [4.78, 5) is 0. The summed E-state index contributed by atoms with van der Waals surface area (Å²) < 4.78 is 4.17. The Kier molecular flexibility index (Phi) is 8.87. The summed E-state index contributed by atoms with van der Waals surface area (Å²) in [6, 6.07) is 0. The van der Waals surface area contributed by atoms with E-state index in [0.717, 1.165) is 0 Å². The highest BCUT2D eigenvalue weighted by Gasteiger charge is 2.13. The molecule has 0 spiro atoms. The van der Waals surface area contributed by atoms with Gasteiger partial charge in [0.15, 0.2) is 0 Å². The minimum absolute atomic E-state index is 0.0451. The predicted octanol–water partition coefficient (Wildman–Crippen LogP) is -0.497. The van der Waals surface area contributed by atoms with Crippen LogP contribution < -0.4 is 0 Å². The van der Waals surface area contributed by atoms with Crippen LogP contribution in [0.5, 0.6) is 0 Å². The van der Waals surface area contributed by atoms with Gasteiger partial charge < -0.3 is 24.9 Å². The second kappa shape index (κ2) is 7.81. The molecule has 0 aliphatic carbocycles. The van der Waals surface area contributed by atoms with Gasteiger partial charge in [0.05, 0.1) is 19.0 Å². The van der Waals surface area contributed by atoms with E-state index in [1.807, 2.05) is 0 Å². The summed E-state index contributed by atoms with van der Waals surface area (Å²) in [5, 5.41) is 32.9. The molecule has 0 aliphatic rings. The van der Waals surface area contributed by atoms with Crippen molar-refractivity contribution in [3.8, 4) is 0 Å². The van der Waals surface area contributed by atoms with Crippen molar-refractivity contribution in [2.45, 2.75) is 20.8 Å². The minimum Gasteiger partial charge on any atom is -0.516 e. The van der Waals surface area contributed by atoms with E-state index >= 15 is 0 Å². The molecule has 0 atom stereocenters. The van der Waals surface area contributed by atoms with Crippen LogP contribution in [0.2, 0.25) is 0 Å². The van der Waals surface area contributed by atoms with Gasteiger partial charge in [0.2, 0.25) is 0 Å². The van der Waals surface area contributed by atoms with E-state index < -0.39 is 7.32 Å². The van der Waals surface area contributed by atoms with E-state index in [9.17, 15) is 0 Å².